The van der Waals surface area contributed by atoms with Crippen LogP contribution in [0.2, 0.25) is 0 Å². The van der Waals surface area contributed by atoms with Gasteiger partial charge in [-0.15, -0.1) is 0 Å². The summed E-state index contributed by atoms with van der Waals surface area (Å²) >= 11 is 0. The molecule has 242 valence electrons. The number of imidazole rings is 1. The van der Waals surface area contributed by atoms with E-state index in [1.807, 2.05) is 42.3 Å². The van der Waals surface area contributed by atoms with Crippen molar-refractivity contribution in [1.29, 1.82) is 0 Å². The highest BCUT2D eigenvalue weighted by Crippen LogP contribution is 2.43. The molecule has 1 saturated heterocycles. The van der Waals surface area contributed by atoms with Crippen molar-refractivity contribution >= 4 is 39.4 Å². The lowest BCUT2D eigenvalue weighted by Gasteiger charge is -2.32. The van der Waals surface area contributed by atoms with Gasteiger partial charge in [-0.3, -0.25) is 9.59 Å². The lowest BCUT2D eigenvalue weighted by Crippen LogP contribution is -2.39. The molecule has 1 aliphatic carbocycles. The molecular weight excluding hydrogens is 590 g/mol. The monoisotopic (exact) mass is 631 g/mol. The molecule has 0 bridgehead atoms. The molecule has 2 atom stereocenters. The lowest BCUT2D eigenvalue weighted by molar-refractivity contribution is -0.131. The predicted octanol–water partition coefficient (Wildman–Crippen LogP) is 6.70. The number of rotatable bonds is 7. The molecule has 47 heavy (non-hydrogen) atoms. The summed E-state index contributed by atoms with van der Waals surface area (Å²) in [7, 11) is 3.66. The van der Waals surface area contributed by atoms with Crippen LogP contribution in [0, 0.1) is 11.8 Å². The highest BCUT2D eigenvalue weighted by molar-refractivity contribution is 6.06. The van der Waals surface area contributed by atoms with Gasteiger partial charge in [-0.05, 0) is 80.3 Å². The predicted molar refractivity (Wildman–Crippen MR) is 183 cm³/mol. The molecule has 8 rings (SSSR count). The number of nitrogens with one attached hydrogen (secondary N) is 1. The third-order valence-corrected chi connectivity index (χ3v) is 10.6. The second-order valence-electron chi connectivity index (χ2n) is 13.8. The van der Waals surface area contributed by atoms with Gasteiger partial charge in [-0.1, -0.05) is 37.6 Å². The van der Waals surface area contributed by atoms with E-state index in [9.17, 15) is 14.7 Å². The molecule has 3 aromatic carbocycles. The number of benzene rings is 3. The van der Waals surface area contributed by atoms with Gasteiger partial charge in [0.05, 0.1) is 23.8 Å². The van der Waals surface area contributed by atoms with E-state index in [0.717, 1.165) is 77.1 Å². The molecule has 5 aromatic rings. The Kier molecular flexibility index (Phi) is 6.95. The standard InChI is InChI=1S/C38H41N5O4/c1-5-22-8-7-15-42(20-22)36(44)26-17-30-34(32(19-26)47-4)41(3)35(39-30)31-18-25-9-6-10-27(33(25)43(31)21-23-11-12-23)24-13-14-29-28(16-24)38(2,46)37(45)40-29/h6,9-10,13-14,16-19,22-23,46H,5,7-8,11-12,15,20-21H2,1-4H3,(H,40,45)/t22-,38?/m1/s1. The number of para-hydroxylation sites is 1. The van der Waals surface area contributed by atoms with Crippen molar-refractivity contribution in [1.82, 2.24) is 19.0 Å². The maximum absolute atomic E-state index is 13.7. The first-order valence-electron chi connectivity index (χ1n) is 16.8. The largest absolute Gasteiger partial charge is 0.494 e. The minimum atomic E-state index is -1.58. The van der Waals surface area contributed by atoms with Crippen molar-refractivity contribution in [3.8, 4) is 28.4 Å². The van der Waals surface area contributed by atoms with Gasteiger partial charge in [-0.25, -0.2) is 4.98 Å². The Morgan fingerprint density at radius 1 is 1.09 bits per heavy atom. The average molecular weight is 632 g/mol. The van der Waals surface area contributed by atoms with Gasteiger partial charge >= 0.3 is 0 Å². The smallest absolute Gasteiger partial charge is 0.260 e. The van der Waals surface area contributed by atoms with E-state index in [2.05, 4.69) is 45.6 Å². The molecule has 0 spiro atoms. The zero-order valence-corrected chi connectivity index (χ0v) is 27.5. The zero-order chi connectivity index (χ0) is 32.6. The Hall–Kier alpha value is -4.63. The van der Waals surface area contributed by atoms with Crippen molar-refractivity contribution < 1.29 is 19.4 Å². The number of aliphatic hydroxyl groups is 1. The van der Waals surface area contributed by atoms with Crippen LogP contribution in [-0.2, 0) is 24.0 Å². The number of nitrogens with zero attached hydrogens (tertiary/aromatic N) is 4. The van der Waals surface area contributed by atoms with Gasteiger partial charge in [0.25, 0.3) is 11.8 Å². The number of methoxy groups -OCH3 is 1. The molecule has 2 aliphatic heterocycles. The van der Waals surface area contributed by atoms with E-state index in [0.29, 0.717) is 34.4 Å². The van der Waals surface area contributed by atoms with Crippen LogP contribution in [-0.4, -0.2) is 56.1 Å². The highest BCUT2D eigenvalue weighted by Gasteiger charge is 2.41. The molecule has 4 heterocycles. The Balaban J connectivity index is 1.26. The number of fused-ring (bicyclic) bond motifs is 3. The van der Waals surface area contributed by atoms with Crippen LogP contribution < -0.4 is 10.1 Å². The maximum Gasteiger partial charge on any atom is 0.260 e. The molecule has 2 fully saturated rings. The van der Waals surface area contributed by atoms with Crippen molar-refractivity contribution in [2.45, 2.75) is 58.1 Å². The number of anilines is 1. The number of aryl methyl sites for hydroxylation is 1. The van der Waals surface area contributed by atoms with Crippen LogP contribution in [0.4, 0.5) is 5.69 Å². The molecule has 2 N–H and O–H groups in total. The van der Waals surface area contributed by atoms with E-state index in [1.165, 1.54) is 19.3 Å². The van der Waals surface area contributed by atoms with Crippen molar-refractivity contribution in [3.05, 3.63) is 65.7 Å². The number of amides is 2. The van der Waals surface area contributed by atoms with E-state index < -0.39 is 11.5 Å². The van der Waals surface area contributed by atoms with Crippen molar-refractivity contribution in [2.24, 2.45) is 18.9 Å². The molecule has 2 amide bonds. The second-order valence-corrected chi connectivity index (χ2v) is 13.8. The van der Waals surface area contributed by atoms with Crippen LogP contribution in [0.25, 0.3) is 44.6 Å². The number of aromatic nitrogens is 3. The Labute approximate surface area is 274 Å². The summed E-state index contributed by atoms with van der Waals surface area (Å²) in [5, 5.41) is 14.9. The molecular formula is C38H41N5O4. The Morgan fingerprint density at radius 3 is 2.68 bits per heavy atom. The molecule has 3 aliphatic rings. The van der Waals surface area contributed by atoms with Crippen LogP contribution in [0.3, 0.4) is 0 Å². The summed E-state index contributed by atoms with van der Waals surface area (Å²) in [4.78, 5) is 33.4. The van der Waals surface area contributed by atoms with Crippen LogP contribution in [0.15, 0.2) is 54.6 Å². The average Bonchev–Trinajstić information content (AvgIpc) is 3.68. The number of carbonyl (C=O) groups is 2. The first-order chi connectivity index (χ1) is 22.7. The molecule has 0 radical (unpaired) electrons. The van der Waals surface area contributed by atoms with Crippen LogP contribution in [0.1, 0.15) is 61.9 Å². The van der Waals surface area contributed by atoms with Crippen molar-refractivity contribution in [2.75, 3.05) is 25.5 Å². The van der Waals surface area contributed by atoms with E-state index in [-0.39, 0.29) is 5.91 Å². The Morgan fingerprint density at radius 2 is 1.91 bits per heavy atom. The maximum atomic E-state index is 13.7. The van der Waals surface area contributed by atoms with Gasteiger partial charge in [0, 0.05) is 54.4 Å². The number of hydrogen-bond acceptors (Lipinski definition) is 5. The summed E-state index contributed by atoms with van der Waals surface area (Å²) in [5.41, 5.74) is 5.89. The first-order valence-corrected chi connectivity index (χ1v) is 16.8. The quantitative estimate of drug-likeness (QED) is 0.208. The summed E-state index contributed by atoms with van der Waals surface area (Å²) in [6, 6.07) is 18.1. The first kappa shape index (κ1) is 29.8. The van der Waals surface area contributed by atoms with Crippen molar-refractivity contribution in [3.63, 3.8) is 0 Å². The number of piperidine rings is 1. The minimum Gasteiger partial charge on any atom is -0.494 e. The van der Waals surface area contributed by atoms with E-state index in [1.54, 1.807) is 14.0 Å². The SMILES string of the molecule is CC[C@@H]1CCCN(C(=O)c2cc(OC)c3c(c2)nc(-c2cc4cccc(-c5ccc6c(c5)C(C)(O)C(=O)N6)c4n2CC2CC2)n3C)C1. The molecule has 1 saturated carbocycles. The van der Waals surface area contributed by atoms with Crippen LogP contribution >= 0.6 is 0 Å². The summed E-state index contributed by atoms with van der Waals surface area (Å²) in [6.45, 7) is 6.17. The fourth-order valence-corrected chi connectivity index (χ4v) is 7.67. The normalized spacial score (nSPS) is 21.0. The highest BCUT2D eigenvalue weighted by atomic mass is 16.5. The fraction of sp³-hybridized carbons (Fsp3) is 0.395. The summed E-state index contributed by atoms with van der Waals surface area (Å²) in [6.07, 6.45) is 5.66. The summed E-state index contributed by atoms with van der Waals surface area (Å²) < 4.78 is 10.4. The Bertz CT molecular complexity index is 2090. The van der Waals surface area contributed by atoms with Gasteiger partial charge < -0.3 is 29.2 Å². The van der Waals surface area contributed by atoms with E-state index >= 15 is 0 Å². The summed E-state index contributed by atoms with van der Waals surface area (Å²) in [5.74, 6) is 2.20. The fourth-order valence-electron chi connectivity index (χ4n) is 7.67. The van der Waals surface area contributed by atoms with Gasteiger partial charge in [0.15, 0.2) is 11.4 Å². The molecule has 9 heteroatoms. The lowest BCUT2D eigenvalue weighted by atomic mass is 9.93. The number of likely N-dealkylation sites (tertiary alicyclic amines) is 1. The molecule has 1 unspecified atom stereocenters. The van der Waals surface area contributed by atoms with E-state index in [4.69, 9.17) is 9.72 Å². The van der Waals surface area contributed by atoms with Gasteiger partial charge in [-0.2, -0.15) is 0 Å². The molecule has 2 aromatic heterocycles. The second kappa shape index (κ2) is 11.0. The minimum absolute atomic E-state index is 0.0354. The third-order valence-electron chi connectivity index (χ3n) is 10.6. The third kappa shape index (κ3) is 4.82. The number of ether oxygens (including phenoxy) is 1. The molecule has 9 nitrogen and oxygen atoms in total. The van der Waals surface area contributed by atoms with Crippen LogP contribution in [0.5, 0.6) is 5.75 Å². The number of carbonyl (C=O) groups excluding carboxylic acids is 2. The van der Waals surface area contributed by atoms with Gasteiger partial charge in [0.2, 0.25) is 0 Å². The zero-order valence-electron chi connectivity index (χ0n) is 27.5. The number of hydrogen-bond donors (Lipinski definition) is 2. The van der Waals surface area contributed by atoms with Gasteiger partial charge in [0.1, 0.15) is 11.3 Å². The topological polar surface area (TPSA) is 102 Å².